The Balaban J connectivity index is -0.000000323. The second-order valence-corrected chi connectivity index (χ2v) is 8.50. The Morgan fingerprint density at radius 1 is 0.724 bits per heavy atom. The van der Waals surface area contributed by atoms with Gasteiger partial charge in [-0.05, 0) is 27.7 Å². The first-order chi connectivity index (χ1) is 13.1. The molecule has 4 atom stereocenters. The zero-order chi connectivity index (χ0) is 22.2. The van der Waals surface area contributed by atoms with Crippen LogP contribution in [0.2, 0.25) is 0 Å². The fourth-order valence-electron chi connectivity index (χ4n) is 1.36. The molecule has 3 aliphatic heterocycles. The van der Waals surface area contributed by atoms with Gasteiger partial charge in [0.1, 0.15) is 19.8 Å². The summed E-state index contributed by atoms with van der Waals surface area (Å²) in [6.45, 7) is 15.1. The summed E-state index contributed by atoms with van der Waals surface area (Å²) in [7, 11) is -1.26. The Morgan fingerprint density at radius 3 is 1.03 bits per heavy atom. The van der Waals surface area contributed by atoms with Crippen LogP contribution in [0.4, 0.5) is 0 Å². The maximum Gasteiger partial charge on any atom is 0.397 e. The Morgan fingerprint density at radius 2 is 0.931 bits per heavy atom. The smallest absolute Gasteiger partial charge is 0.397 e. The van der Waals surface area contributed by atoms with Gasteiger partial charge < -0.3 is 49.2 Å². The standard InChI is InChI=1S/C5H10O3P.2C4H10N2O2.C3H7.Co/c1-5-2-6-9(7-3-5)8-4-5;2*1-3(5-7)4(2)6-8;1-3-2;/h9H,2-4H2,1H3;2*3-6H,1-2H3;3H,1-2H3;/q+1;2*-2;-1;. The number of hydrogen-bond donors (Lipinski definition) is 4. The first kappa shape index (κ1) is 34.1. The summed E-state index contributed by atoms with van der Waals surface area (Å²) in [6.07, 6.45) is 2.00. The quantitative estimate of drug-likeness (QED) is 0.246. The van der Waals surface area contributed by atoms with Gasteiger partial charge in [0, 0.05) is 40.9 Å². The van der Waals surface area contributed by atoms with Gasteiger partial charge in [-0.3, -0.25) is 0 Å². The van der Waals surface area contributed by atoms with Crippen molar-refractivity contribution in [3.8, 4) is 0 Å². The van der Waals surface area contributed by atoms with Crippen molar-refractivity contribution in [3.63, 3.8) is 0 Å². The minimum absolute atomic E-state index is 0. The van der Waals surface area contributed by atoms with Gasteiger partial charge in [-0.25, -0.2) is 0 Å². The average Bonchev–Trinajstić information content (AvgIpc) is 2.73. The molecule has 0 aromatic rings. The minimum Gasteiger partial charge on any atom is -0.788 e. The van der Waals surface area contributed by atoms with Crippen molar-refractivity contribution in [2.75, 3.05) is 19.8 Å². The number of rotatable bonds is 6. The molecule has 3 aliphatic rings. The van der Waals surface area contributed by atoms with E-state index in [1.807, 2.05) is 20.3 Å². The van der Waals surface area contributed by atoms with Crippen LogP contribution in [0, 0.1) is 32.7 Å². The third-order valence-electron chi connectivity index (χ3n) is 3.86. The fraction of sp³-hybridized carbons (Fsp3) is 0.938. The van der Waals surface area contributed by atoms with E-state index in [0.717, 1.165) is 19.8 Å². The Bertz CT molecular complexity index is 313. The second-order valence-electron chi connectivity index (χ2n) is 7.13. The van der Waals surface area contributed by atoms with Gasteiger partial charge in [-0.1, -0.05) is 6.92 Å². The van der Waals surface area contributed by atoms with Crippen LogP contribution in [0.3, 0.4) is 0 Å². The number of fused-ring (bicyclic) bond motifs is 3. The van der Waals surface area contributed by atoms with E-state index in [-0.39, 0.29) is 46.4 Å². The van der Waals surface area contributed by atoms with Crippen molar-refractivity contribution < 1.29 is 30.4 Å². The summed E-state index contributed by atoms with van der Waals surface area (Å²) in [6, 6.07) is -1.25. The van der Waals surface area contributed by atoms with E-state index in [1.54, 1.807) is 49.6 Å². The summed E-state index contributed by atoms with van der Waals surface area (Å²) >= 11 is 0. The molecule has 1 radical (unpaired) electrons. The number of hydroxylamine groups is 4. The minimum atomic E-state index is -1.26. The molecule has 4 unspecified atom stereocenters. The molecule has 11 nitrogen and oxygen atoms in total. The molecule has 3 heterocycles. The van der Waals surface area contributed by atoms with Gasteiger partial charge >= 0.3 is 8.60 Å². The van der Waals surface area contributed by atoms with E-state index < -0.39 is 8.60 Å². The van der Waals surface area contributed by atoms with Gasteiger partial charge in [0.2, 0.25) is 0 Å². The van der Waals surface area contributed by atoms with Gasteiger partial charge in [0.25, 0.3) is 0 Å². The van der Waals surface area contributed by atoms with Crippen LogP contribution in [-0.4, -0.2) is 44.0 Å². The Labute approximate surface area is 186 Å². The summed E-state index contributed by atoms with van der Waals surface area (Å²) in [5.74, 6) is 0. The van der Waals surface area contributed by atoms with Crippen LogP contribution >= 0.6 is 8.60 Å². The maximum absolute atomic E-state index is 9.80. The molecule has 13 heteroatoms. The normalized spacial score (nSPS) is 26.0. The SMILES string of the molecule is CC(N[O-])C(C)N[O-].CC(N[O-])C(C)N[O-].CC12CO[PH+](OC1)OC2.C[CH-]C.[Co]. The molecule has 4 N–H and O–H groups in total. The summed E-state index contributed by atoms with van der Waals surface area (Å²) < 4.78 is 15.7. The van der Waals surface area contributed by atoms with Gasteiger partial charge in [-0.2, -0.15) is 27.4 Å². The summed E-state index contributed by atoms with van der Waals surface area (Å²) in [5, 5.41) is 39.2. The van der Waals surface area contributed by atoms with Gasteiger partial charge in [0.15, 0.2) is 0 Å². The predicted molar refractivity (Wildman–Crippen MR) is 114 cm³/mol. The van der Waals surface area contributed by atoms with Crippen molar-refractivity contribution in [2.45, 2.75) is 72.6 Å². The topological polar surface area (TPSA) is 168 Å². The third-order valence-corrected chi connectivity index (χ3v) is 5.00. The van der Waals surface area contributed by atoms with E-state index >= 15 is 0 Å². The van der Waals surface area contributed by atoms with E-state index in [1.165, 1.54) is 0 Å². The van der Waals surface area contributed by atoms with Crippen molar-refractivity contribution in [2.24, 2.45) is 5.41 Å². The summed E-state index contributed by atoms with van der Waals surface area (Å²) in [4.78, 5) is 0. The van der Waals surface area contributed by atoms with E-state index in [4.69, 9.17) is 13.6 Å². The van der Waals surface area contributed by atoms with Crippen molar-refractivity contribution in [1.82, 2.24) is 21.9 Å². The third kappa shape index (κ3) is 16.8. The largest absolute Gasteiger partial charge is 0.788 e. The second kappa shape index (κ2) is 20.4. The van der Waals surface area contributed by atoms with E-state index in [2.05, 4.69) is 6.92 Å². The van der Waals surface area contributed by atoms with Gasteiger partial charge in [0.05, 0.1) is 5.41 Å². The molecule has 0 spiro atoms. The first-order valence-electron chi connectivity index (χ1n) is 9.14. The molecule has 0 aliphatic carbocycles. The monoisotopic (exact) mass is 487 g/mol. The van der Waals surface area contributed by atoms with Crippen LogP contribution in [-0.2, 0) is 30.4 Å². The molecule has 0 aromatic heterocycles. The Hall–Kier alpha value is 0.496. The first-order valence-corrected chi connectivity index (χ1v) is 10.4. The Kier molecular flexibility index (Phi) is 24.0. The van der Waals surface area contributed by atoms with Crippen molar-refractivity contribution >= 4 is 8.60 Å². The fourth-order valence-corrected chi connectivity index (χ4v) is 3.01. The van der Waals surface area contributed by atoms with E-state index in [0.29, 0.717) is 0 Å². The zero-order valence-electron chi connectivity index (χ0n) is 18.2. The van der Waals surface area contributed by atoms with Crippen LogP contribution < -0.4 is 21.9 Å². The van der Waals surface area contributed by atoms with E-state index in [9.17, 15) is 20.8 Å². The summed E-state index contributed by atoms with van der Waals surface area (Å²) in [5.41, 5.74) is 6.96. The number of hydrogen-bond acceptors (Lipinski definition) is 11. The number of nitrogens with one attached hydrogen (secondary N) is 4. The van der Waals surface area contributed by atoms with Crippen LogP contribution in [0.25, 0.3) is 0 Å². The molecular formula is C16H37CoN4O7P-4. The van der Waals surface area contributed by atoms with Crippen LogP contribution in [0.1, 0.15) is 48.5 Å². The van der Waals surface area contributed by atoms with Crippen LogP contribution in [0.15, 0.2) is 0 Å². The average molecular weight is 487 g/mol. The molecule has 3 fully saturated rings. The molecule has 0 amide bonds. The predicted octanol–water partition coefficient (Wildman–Crippen LogP) is 2.13. The molecule has 3 rings (SSSR count). The molecule has 29 heavy (non-hydrogen) atoms. The van der Waals surface area contributed by atoms with Gasteiger partial charge in [-0.15, -0.1) is 0 Å². The molecular weight excluding hydrogens is 450 g/mol. The molecule has 0 aromatic carbocycles. The molecule has 0 saturated carbocycles. The molecule has 181 valence electrons. The van der Waals surface area contributed by atoms with Crippen molar-refractivity contribution in [3.05, 3.63) is 27.2 Å². The van der Waals surface area contributed by atoms with Crippen molar-refractivity contribution in [1.29, 1.82) is 0 Å². The van der Waals surface area contributed by atoms with Crippen LogP contribution in [0.5, 0.6) is 0 Å². The molecule has 2 bridgehead atoms. The molecule has 3 saturated heterocycles. The zero-order valence-corrected chi connectivity index (χ0v) is 20.2. The maximum atomic E-state index is 9.80.